The van der Waals surface area contributed by atoms with Gasteiger partial charge in [0.2, 0.25) is 5.91 Å². The van der Waals surface area contributed by atoms with Crippen molar-refractivity contribution in [2.75, 3.05) is 26.1 Å². The first-order valence-electron chi connectivity index (χ1n) is 10.4. The fourth-order valence-electron chi connectivity index (χ4n) is 3.93. The number of nitrogens with one attached hydrogen (secondary N) is 1. The molecule has 1 fully saturated rings. The number of carbonyl (C=O) groups excluding carboxylic acids is 2. The largest absolute Gasteiger partial charge is 0.497 e. The van der Waals surface area contributed by atoms with Gasteiger partial charge in [0.05, 0.1) is 31.9 Å². The molecule has 1 aromatic heterocycles. The van der Waals surface area contributed by atoms with Gasteiger partial charge in [-0.05, 0) is 62.2 Å². The number of nitrogens with zero attached hydrogens (tertiary/aromatic N) is 3. The van der Waals surface area contributed by atoms with Gasteiger partial charge in [0.25, 0.3) is 5.91 Å². The minimum atomic E-state index is -0.522. The van der Waals surface area contributed by atoms with E-state index < -0.39 is 6.04 Å². The number of amides is 2. The molecule has 1 N–H and O–H groups in total. The number of hydrogen-bond acceptors (Lipinski definition) is 5. The molecular formula is C24H26N4O4. The van der Waals surface area contributed by atoms with E-state index >= 15 is 0 Å². The molecule has 2 amide bonds. The van der Waals surface area contributed by atoms with Crippen molar-refractivity contribution in [3.8, 4) is 17.2 Å². The second-order valence-electron chi connectivity index (χ2n) is 7.68. The molecule has 8 nitrogen and oxygen atoms in total. The number of methoxy groups -OCH3 is 2. The summed E-state index contributed by atoms with van der Waals surface area (Å²) in [7, 11) is 3.16. The number of aromatic nitrogens is 2. The molecule has 4 rings (SSSR count). The lowest BCUT2D eigenvalue weighted by Gasteiger charge is -2.24. The van der Waals surface area contributed by atoms with Crippen LogP contribution in [0.4, 0.5) is 5.69 Å². The molecule has 1 unspecified atom stereocenters. The van der Waals surface area contributed by atoms with Crippen LogP contribution in [0.5, 0.6) is 11.5 Å². The standard InChI is InChI=1S/C24H26N4O4/c1-16-14-27(15-25-16)20-11-6-17(13-22(20)32-3)24(30)28-12-4-5-21(28)23(29)26-18-7-9-19(31-2)10-8-18/h6-11,13-15,21H,4-5,12H2,1-3H3,(H,26,29). The van der Waals surface area contributed by atoms with Gasteiger partial charge in [-0.2, -0.15) is 0 Å². The van der Waals surface area contributed by atoms with E-state index in [0.717, 1.165) is 17.8 Å². The molecule has 1 atom stereocenters. The van der Waals surface area contributed by atoms with Gasteiger partial charge < -0.3 is 24.3 Å². The van der Waals surface area contributed by atoms with Gasteiger partial charge in [-0.3, -0.25) is 9.59 Å². The van der Waals surface area contributed by atoms with E-state index in [2.05, 4.69) is 10.3 Å². The molecule has 2 heterocycles. The van der Waals surface area contributed by atoms with Gasteiger partial charge in [-0.1, -0.05) is 0 Å². The molecule has 1 aliphatic rings. The topological polar surface area (TPSA) is 85.7 Å². The van der Waals surface area contributed by atoms with E-state index in [-0.39, 0.29) is 11.8 Å². The van der Waals surface area contributed by atoms with E-state index in [0.29, 0.717) is 35.7 Å². The molecule has 0 saturated carbocycles. The van der Waals surface area contributed by atoms with Gasteiger partial charge >= 0.3 is 0 Å². The van der Waals surface area contributed by atoms with Crippen molar-refractivity contribution in [1.29, 1.82) is 0 Å². The van der Waals surface area contributed by atoms with Gasteiger partial charge in [-0.15, -0.1) is 0 Å². The lowest BCUT2D eigenvalue weighted by Crippen LogP contribution is -2.43. The van der Waals surface area contributed by atoms with Crippen molar-refractivity contribution in [1.82, 2.24) is 14.5 Å². The predicted molar refractivity (Wildman–Crippen MR) is 121 cm³/mol. The monoisotopic (exact) mass is 434 g/mol. The fourth-order valence-corrected chi connectivity index (χ4v) is 3.93. The Hall–Kier alpha value is -3.81. The van der Waals surface area contributed by atoms with E-state index in [9.17, 15) is 9.59 Å². The molecule has 32 heavy (non-hydrogen) atoms. The summed E-state index contributed by atoms with van der Waals surface area (Å²) in [6.07, 6.45) is 4.99. The maximum atomic E-state index is 13.3. The number of imidazole rings is 1. The molecule has 3 aromatic rings. The van der Waals surface area contributed by atoms with Crippen LogP contribution in [0, 0.1) is 6.92 Å². The summed E-state index contributed by atoms with van der Waals surface area (Å²) in [4.78, 5) is 32.1. The predicted octanol–water partition coefficient (Wildman–Crippen LogP) is 3.44. The van der Waals surface area contributed by atoms with E-state index in [4.69, 9.17) is 9.47 Å². The van der Waals surface area contributed by atoms with E-state index in [1.165, 1.54) is 0 Å². The van der Waals surface area contributed by atoms with Crippen LogP contribution in [0.2, 0.25) is 0 Å². The van der Waals surface area contributed by atoms with E-state index in [1.54, 1.807) is 61.8 Å². The van der Waals surface area contributed by atoms with Crippen LogP contribution < -0.4 is 14.8 Å². The molecule has 1 saturated heterocycles. The van der Waals surface area contributed by atoms with Crippen LogP contribution in [0.3, 0.4) is 0 Å². The Bertz CT molecular complexity index is 1120. The highest BCUT2D eigenvalue weighted by molar-refractivity contribution is 6.02. The summed E-state index contributed by atoms with van der Waals surface area (Å²) in [5, 5.41) is 2.90. The molecule has 0 radical (unpaired) electrons. The number of rotatable bonds is 6. The van der Waals surface area contributed by atoms with Gasteiger partial charge in [0.15, 0.2) is 0 Å². The summed E-state index contributed by atoms with van der Waals surface area (Å²) in [6.45, 7) is 2.44. The molecule has 8 heteroatoms. The number of likely N-dealkylation sites (tertiary alicyclic amines) is 1. The molecule has 2 aromatic carbocycles. The molecule has 0 bridgehead atoms. The van der Waals surface area contributed by atoms with Crippen LogP contribution in [0.1, 0.15) is 28.9 Å². The lowest BCUT2D eigenvalue weighted by atomic mass is 10.1. The third-order valence-electron chi connectivity index (χ3n) is 5.59. The Morgan fingerprint density at radius 3 is 2.53 bits per heavy atom. The summed E-state index contributed by atoms with van der Waals surface area (Å²) in [5.74, 6) is 0.887. The molecule has 0 aliphatic carbocycles. The third-order valence-corrected chi connectivity index (χ3v) is 5.59. The molecule has 0 spiro atoms. The second-order valence-corrected chi connectivity index (χ2v) is 7.68. The van der Waals surface area contributed by atoms with Gasteiger partial charge in [-0.25, -0.2) is 4.98 Å². The van der Waals surface area contributed by atoms with Gasteiger partial charge in [0.1, 0.15) is 17.5 Å². The highest BCUT2D eigenvalue weighted by Crippen LogP contribution is 2.28. The summed E-state index contributed by atoms with van der Waals surface area (Å²) >= 11 is 0. The summed E-state index contributed by atoms with van der Waals surface area (Å²) in [5.41, 5.74) is 2.82. The van der Waals surface area contributed by atoms with Crippen molar-refractivity contribution in [3.63, 3.8) is 0 Å². The average molecular weight is 434 g/mol. The number of aryl methyl sites for hydroxylation is 1. The molecular weight excluding hydrogens is 408 g/mol. The number of anilines is 1. The van der Waals surface area contributed by atoms with Crippen LogP contribution in [0.25, 0.3) is 5.69 Å². The van der Waals surface area contributed by atoms with Crippen molar-refractivity contribution >= 4 is 17.5 Å². The van der Waals surface area contributed by atoms with Crippen LogP contribution >= 0.6 is 0 Å². The van der Waals surface area contributed by atoms with E-state index in [1.807, 2.05) is 23.8 Å². The Morgan fingerprint density at radius 2 is 1.88 bits per heavy atom. The Morgan fingerprint density at radius 1 is 1.09 bits per heavy atom. The van der Waals surface area contributed by atoms with Crippen molar-refractivity contribution in [3.05, 3.63) is 66.2 Å². The average Bonchev–Trinajstić information content (AvgIpc) is 3.48. The number of benzene rings is 2. The van der Waals surface area contributed by atoms with Gasteiger partial charge in [0, 0.05) is 24.0 Å². The zero-order valence-electron chi connectivity index (χ0n) is 18.4. The molecule has 1 aliphatic heterocycles. The smallest absolute Gasteiger partial charge is 0.254 e. The van der Waals surface area contributed by atoms with Crippen LogP contribution in [0.15, 0.2) is 55.0 Å². The minimum Gasteiger partial charge on any atom is -0.497 e. The normalized spacial score (nSPS) is 15.5. The maximum absolute atomic E-state index is 13.3. The number of ether oxygens (including phenoxy) is 2. The SMILES string of the molecule is COc1ccc(NC(=O)C2CCCN2C(=O)c2ccc(-n3cnc(C)c3)c(OC)c2)cc1. The zero-order chi connectivity index (χ0) is 22.7. The Balaban J connectivity index is 1.51. The quantitative estimate of drug-likeness (QED) is 0.642. The van der Waals surface area contributed by atoms with Crippen LogP contribution in [-0.4, -0.2) is 53.1 Å². The van der Waals surface area contributed by atoms with Crippen molar-refractivity contribution in [2.45, 2.75) is 25.8 Å². The number of carbonyl (C=O) groups is 2. The Kier molecular flexibility index (Phi) is 6.11. The first-order chi connectivity index (χ1) is 15.5. The second kappa shape index (κ2) is 9.13. The highest BCUT2D eigenvalue weighted by Gasteiger charge is 2.34. The first-order valence-corrected chi connectivity index (χ1v) is 10.4. The first kappa shape index (κ1) is 21.4. The minimum absolute atomic E-state index is 0.191. The summed E-state index contributed by atoms with van der Waals surface area (Å²) < 4.78 is 12.5. The third kappa shape index (κ3) is 4.30. The Labute approximate surface area is 186 Å². The van der Waals surface area contributed by atoms with Crippen molar-refractivity contribution in [2.24, 2.45) is 0 Å². The highest BCUT2D eigenvalue weighted by atomic mass is 16.5. The van der Waals surface area contributed by atoms with Crippen LogP contribution in [-0.2, 0) is 4.79 Å². The maximum Gasteiger partial charge on any atom is 0.254 e. The molecule has 166 valence electrons. The number of hydrogen-bond donors (Lipinski definition) is 1. The zero-order valence-corrected chi connectivity index (χ0v) is 18.4. The fraction of sp³-hybridized carbons (Fsp3) is 0.292. The summed E-state index contributed by atoms with van der Waals surface area (Å²) in [6, 6.07) is 11.9. The van der Waals surface area contributed by atoms with Crippen molar-refractivity contribution < 1.29 is 19.1 Å². The lowest BCUT2D eigenvalue weighted by molar-refractivity contribution is -0.119.